The van der Waals surface area contributed by atoms with E-state index in [1.807, 2.05) is 27.7 Å². The number of hydrogen-bond donors (Lipinski definition) is 4. The molecule has 4 atom stereocenters. The number of carbonyl (C=O) groups excluding carboxylic acids is 3. The molecule has 0 radical (unpaired) electrons. The zero-order chi connectivity index (χ0) is 34.1. The number of rotatable bonds is 7. The fourth-order valence-electron chi connectivity index (χ4n) is 5.44. The minimum Gasteiger partial charge on any atom is -0.490 e. The lowest BCUT2D eigenvalue weighted by molar-refractivity contribution is -0.0115. The Morgan fingerprint density at radius 2 is 1.70 bits per heavy atom. The van der Waals surface area contributed by atoms with Gasteiger partial charge in [-0.25, -0.2) is 9.59 Å². The number of amides is 5. The summed E-state index contributed by atoms with van der Waals surface area (Å²) in [6.45, 7) is 10.3. The van der Waals surface area contributed by atoms with Crippen molar-refractivity contribution in [3.63, 3.8) is 0 Å². The summed E-state index contributed by atoms with van der Waals surface area (Å²) in [5.41, 5.74) is 1.29. The normalized spacial score (nSPS) is 20.8. The third kappa shape index (κ3) is 9.88. The molecule has 2 aliphatic rings. The largest absolute Gasteiger partial charge is 0.490 e. The Morgan fingerprint density at radius 1 is 1.00 bits per heavy atom. The highest BCUT2D eigenvalue weighted by Gasteiger charge is 2.31. The first-order valence-electron chi connectivity index (χ1n) is 16.3. The maximum atomic E-state index is 14.3. The Morgan fingerprint density at radius 3 is 2.43 bits per heavy atom. The van der Waals surface area contributed by atoms with Crippen LogP contribution >= 0.6 is 0 Å². The van der Waals surface area contributed by atoms with Crippen molar-refractivity contribution >= 4 is 29.3 Å². The van der Waals surface area contributed by atoms with E-state index in [9.17, 15) is 19.5 Å². The Hall–Kier alpha value is -4.23. The van der Waals surface area contributed by atoms with E-state index in [2.05, 4.69) is 16.0 Å². The number of hydrogen-bond acceptors (Lipinski definition) is 8. The molecule has 0 aromatic heterocycles. The molecular formula is C34H49N5O8. The van der Waals surface area contributed by atoms with Gasteiger partial charge in [-0.05, 0) is 77.3 Å². The summed E-state index contributed by atoms with van der Waals surface area (Å²) in [5.74, 6) is 1.03. The Kier molecular flexibility index (Phi) is 12.5. The molecule has 0 bridgehead atoms. The fraction of sp³-hybridized carbons (Fsp3) is 0.559. The minimum absolute atomic E-state index is 0.0653. The molecule has 47 heavy (non-hydrogen) atoms. The van der Waals surface area contributed by atoms with Crippen molar-refractivity contribution in [3.8, 4) is 17.2 Å². The van der Waals surface area contributed by atoms with E-state index < -0.39 is 12.1 Å². The van der Waals surface area contributed by atoms with Gasteiger partial charge in [-0.2, -0.15) is 0 Å². The summed E-state index contributed by atoms with van der Waals surface area (Å²) in [5, 5.41) is 18.7. The lowest BCUT2D eigenvalue weighted by Crippen LogP contribution is -2.48. The van der Waals surface area contributed by atoms with E-state index in [0.717, 1.165) is 19.3 Å². The summed E-state index contributed by atoms with van der Waals surface area (Å²) in [6.07, 6.45) is 1.78. The van der Waals surface area contributed by atoms with E-state index in [-0.39, 0.29) is 68.1 Å². The zero-order valence-corrected chi connectivity index (χ0v) is 28.2. The van der Waals surface area contributed by atoms with Gasteiger partial charge in [-0.1, -0.05) is 6.92 Å². The van der Waals surface area contributed by atoms with Gasteiger partial charge >= 0.3 is 12.1 Å². The summed E-state index contributed by atoms with van der Waals surface area (Å²) < 4.78 is 23.4. The van der Waals surface area contributed by atoms with Crippen molar-refractivity contribution < 1.29 is 38.4 Å². The highest BCUT2D eigenvalue weighted by atomic mass is 16.7. The number of aliphatic hydroxyl groups is 1. The number of anilines is 2. The molecule has 13 heteroatoms. The molecule has 5 amide bonds. The number of fused-ring (bicyclic) bond motifs is 2. The van der Waals surface area contributed by atoms with Crippen molar-refractivity contribution in [1.29, 1.82) is 0 Å². The molecule has 258 valence electrons. The van der Waals surface area contributed by atoms with Crippen molar-refractivity contribution in [2.75, 3.05) is 50.8 Å². The molecule has 0 saturated heterocycles. The maximum absolute atomic E-state index is 14.3. The number of likely N-dealkylation sites (N-methyl/N-ethyl adjacent to an activating group) is 1. The number of benzene rings is 2. The molecule has 0 fully saturated rings. The Labute approximate surface area is 276 Å². The van der Waals surface area contributed by atoms with Crippen LogP contribution in [-0.4, -0.2) is 97.3 Å². The molecule has 0 unspecified atom stereocenters. The number of nitrogens with zero attached hydrogens (tertiary/aromatic N) is 2. The van der Waals surface area contributed by atoms with Crippen LogP contribution < -0.4 is 30.2 Å². The van der Waals surface area contributed by atoms with Crippen LogP contribution in [0.1, 0.15) is 64.2 Å². The van der Waals surface area contributed by atoms with Crippen molar-refractivity contribution in [2.45, 2.75) is 78.2 Å². The van der Waals surface area contributed by atoms with Crippen LogP contribution in [0, 0.1) is 5.92 Å². The molecule has 4 N–H and O–H groups in total. The van der Waals surface area contributed by atoms with Crippen LogP contribution in [0.5, 0.6) is 17.2 Å². The van der Waals surface area contributed by atoms with Crippen molar-refractivity contribution in [3.05, 3.63) is 42.0 Å². The lowest BCUT2D eigenvalue weighted by atomic mass is 10.0. The SMILES string of the molecule is CC(C)NC(=O)Nc1ccc2c(c1)C(=O)N([C@@H](C)CO)C[C@H](C)[C@@H](CN(C)C(=O)Nc1ccc3c(c1)OCO3)OCCCC[C@H](C)O2. The van der Waals surface area contributed by atoms with Gasteiger partial charge in [0.25, 0.3) is 5.91 Å². The standard InChI is InChI=1S/C34H49N5O8/c1-21(2)35-33(42)36-25-10-12-28-27(15-25)32(41)39(23(4)19-40)17-22(3)31(44-14-8-7-9-24(5)47-28)18-38(6)34(43)37-26-11-13-29-30(16-26)46-20-45-29/h10-13,15-16,21-24,31,40H,7-9,14,17-20H2,1-6H3,(H,37,43)(H2,35,36,42)/t22-,23-,24-,31+/m0/s1. The highest BCUT2D eigenvalue weighted by molar-refractivity contribution is 5.99. The van der Waals surface area contributed by atoms with E-state index in [1.165, 1.54) is 0 Å². The molecular weight excluding hydrogens is 606 g/mol. The molecule has 2 heterocycles. The molecule has 2 aromatic rings. The molecule has 2 aromatic carbocycles. The average Bonchev–Trinajstić information content (AvgIpc) is 3.50. The average molecular weight is 656 g/mol. The predicted octanol–water partition coefficient (Wildman–Crippen LogP) is 4.90. The third-order valence-electron chi connectivity index (χ3n) is 8.15. The van der Waals surface area contributed by atoms with Gasteiger partial charge in [0.2, 0.25) is 6.79 Å². The predicted molar refractivity (Wildman–Crippen MR) is 178 cm³/mol. The second-order valence-corrected chi connectivity index (χ2v) is 12.6. The summed E-state index contributed by atoms with van der Waals surface area (Å²) in [7, 11) is 1.70. The van der Waals surface area contributed by atoms with Gasteiger partial charge in [0, 0.05) is 56.1 Å². The Bertz CT molecular complexity index is 1390. The van der Waals surface area contributed by atoms with Gasteiger partial charge < -0.3 is 49.8 Å². The third-order valence-corrected chi connectivity index (χ3v) is 8.15. The maximum Gasteiger partial charge on any atom is 0.321 e. The number of urea groups is 2. The van der Waals surface area contributed by atoms with Crippen LogP contribution in [0.15, 0.2) is 36.4 Å². The summed E-state index contributed by atoms with van der Waals surface area (Å²) in [6, 6.07) is 8.93. The molecule has 2 aliphatic heterocycles. The van der Waals surface area contributed by atoms with Crippen LogP contribution in [0.25, 0.3) is 0 Å². The number of carbonyl (C=O) groups is 3. The second-order valence-electron chi connectivity index (χ2n) is 12.6. The van der Waals surface area contributed by atoms with Gasteiger partial charge in [0.15, 0.2) is 11.5 Å². The number of aliphatic hydroxyl groups excluding tert-OH is 1. The molecule has 4 rings (SSSR count). The van der Waals surface area contributed by atoms with Crippen LogP contribution in [0.3, 0.4) is 0 Å². The summed E-state index contributed by atoms with van der Waals surface area (Å²) in [4.78, 5) is 43.1. The molecule has 0 spiro atoms. The molecule has 0 aliphatic carbocycles. The lowest BCUT2D eigenvalue weighted by Gasteiger charge is -2.35. The summed E-state index contributed by atoms with van der Waals surface area (Å²) >= 11 is 0. The van der Waals surface area contributed by atoms with E-state index in [0.29, 0.717) is 35.2 Å². The monoisotopic (exact) mass is 655 g/mol. The van der Waals surface area contributed by atoms with Crippen molar-refractivity contribution in [2.24, 2.45) is 5.92 Å². The first-order chi connectivity index (χ1) is 22.4. The topological polar surface area (TPSA) is 151 Å². The van der Waals surface area contributed by atoms with E-state index in [4.69, 9.17) is 18.9 Å². The zero-order valence-electron chi connectivity index (χ0n) is 28.2. The number of ether oxygens (including phenoxy) is 4. The van der Waals surface area contributed by atoms with E-state index in [1.54, 1.807) is 60.2 Å². The number of nitrogens with one attached hydrogen (secondary N) is 3. The fourth-order valence-corrected chi connectivity index (χ4v) is 5.44. The highest BCUT2D eigenvalue weighted by Crippen LogP contribution is 2.34. The first-order valence-corrected chi connectivity index (χ1v) is 16.3. The second kappa shape index (κ2) is 16.6. The molecule has 13 nitrogen and oxygen atoms in total. The van der Waals surface area contributed by atoms with Crippen molar-refractivity contribution in [1.82, 2.24) is 15.1 Å². The van der Waals surface area contributed by atoms with Gasteiger partial charge in [-0.3, -0.25) is 4.79 Å². The van der Waals surface area contributed by atoms with Gasteiger partial charge in [0.1, 0.15) is 5.75 Å². The van der Waals surface area contributed by atoms with Gasteiger partial charge in [-0.15, -0.1) is 0 Å². The quantitative estimate of drug-likeness (QED) is 0.329. The smallest absolute Gasteiger partial charge is 0.321 e. The first kappa shape index (κ1) is 35.6. The minimum atomic E-state index is -0.531. The van der Waals surface area contributed by atoms with E-state index >= 15 is 0 Å². The van der Waals surface area contributed by atoms with Crippen LogP contribution in [-0.2, 0) is 4.74 Å². The Balaban J connectivity index is 1.56. The van der Waals surface area contributed by atoms with Gasteiger partial charge in [0.05, 0.1) is 30.4 Å². The van der Waals surface area contributed by atoms with Crippen LogP contribution in [0.4, 0.5) is 21.0 Å². The van der Waals surface area contributed by atoms with Crippen LogP contribution in [0.2, 0.25) is 0 Å². The molecule has 0 saturated carbocycles.